The van der Waals surface area contributed by atoms with Crippen molar-refractivity contribution in [3.05, 3.63) is 35.4 Å². The Morgan fingerprint density at radius 2 is 2.20 bits per heavy atom. The number of ether oxygens (including phenoxy) is 1. The second-order valence-electron chi connectivity index (χ2n) is 3.28. The van der Waals surface area contributed by atoms with Crippen LogP contribution in [0.25, 0.3) is 6.08 Å². The molecule has 0 atom stereocenters. The Hall–Kier alpha value is -1.77. The van der Waals surface area contributed by atoms with Crippen LogP contribution in [-0.2, 0) is 9.53 Å². The van der Waals surface area contributed by atoms with Crippen molar-refractivity contribution in [2.45, 2.75) is 13.3 Å². The molecule has 0 saturated heterocycles. The summed E-state index contributed by atoms with van der Waals surface area (Å²) in [4.78, 5) is 10.8. The fraction of sp³-hybridized carbons (Fsp3) is 0.250. The van der Waals surface area contributed by atoms with Gasteiger partial charge in [-0.05, 0) is 30.2 Å². The van der Waals surface area contributed by atoms with Gasteiger partial charge in [0.05, 0.1) is 13.5 Å². The first-order valence-electron chi connectivity index (χ1n) is 4.66. The monoisotopic (exact) mass is 206 g/mol. The van der Waals surface area contributed by atoms with E-state index in [0.29, 0.717) is 0 Å². The predicted octanol–water partition coefficient (Wildman–Crippen LogP) is 2.28. The normalized spacial score (nSPS) is 10.5. The van der Waals surface area contributed by atoms with Gasteiger partial charge in [0.1, 0.15) is 5.75 Å². The molecule has 0 heterocycles. The largest absolute Gasteiger partial charge is 0.508 e. The summed E-state index contributed by atoms with van der Waals surface area (Å²) in [6, 6.07) is 5.24. The Bertz CT molecular complexity index is 360. The molecule has 0 unspecified atom stereocenters. The maximum Gasteiger partial charge on any atom is 0.309 e. The molecule has 3 nitrogen and oxygen atoms in total. The van der Waals surface area contributed by atoms with Crippen LogP contribution in [0.2, 0.25) is 0 Å². The molecule has 3 heteroatoms. The van der Waals surface area contributed by atoms with Crippen molar-refractivity contribution >= 4 is 12.0 Å². The van der Waals surface area contributed by atoms with Crippen LogP contribution in [-0.4, -0.2) is 18.2 Å². The van der Waals surface area contributed by atoms with Gasteiger partial charge in [0.25, 0.3) is 0 Å². The van der Waals surface area contributed by atoms with Crippen molar-refractivity contribution in [2.75, 3.05) is 7.11 Å². The lowest BCUT2D eigenvalue weighted by atomic mass is 10.1. The fourth-order valence-electron chi connectivity index (χ4n) is 1.26. The van der Waals surface area contributed by atoms with Crippen LogP contribution >= 0.6 is 0 Å². The highest BCUT2D eigenvalue weighted by atomic mass is 16.5. The van der Waals surface area contributed by atoms with Crippen molar-refractivity contribution in [2.24, 2.45) is 0 Å². The summed E-state index contributed by atoms with van der Waals surface area (Å²) in [5.74, 6) is -0.0455. The van der Waals surface area contributed by atoms with E-state index in [2.05, 4.69) is 4.74 Å². The Labute approximate surface area is 89.0 Å². The molecule has 1 N–H and O–H groups in total. The van der Waals surface area contributed by atoms with E-state index >= 15 is 0 Å². The zero-order chi connectivity index (χ0) is 11.3. The first kappa shape index (κ1) is 11.3. The Balaban J connectivity index is 2.68. The van der Waals surface area contributed by atoms with Gasteiger partial charge in [0, 0.05) is 0 Å². The van der Waals surface area contributed by atoms with Crippen LogP contribution in [0.5, 0.6) is 5.75 Å². The van der Waals surface area contributed by atoms with Crippen LogP contribution in [0.1, 0.15) is 17.5 Å². The molecular weight excluding hydrogens is 192 g/mol. The van der Waals surface area contributed by atoms with E-state index in [4.69, 9.17) is 0 Å². The number of phenolic OH excluding ortho intramolecular Hbond substituents is 1. The SMILES string of the molecule is COC(=O)CC=Cc1cc(C)cc(O)c1. The van der Waals surface area contributed by atoms with E-state index in [1.54, 1.807) is 24.3 Å². The minimum atomic E-state index is -0.275. The van der Waals surface area contributed by atoms with Crippen molar-refractivity contribution < 1.29 is 14.6 Å². The van der Waals surface area contributed by atoms with Gasteiger partial charge in [-0.2, -0.15) is 0 Å². The third kappa shape index (κ3) is 3.85. The second-order valence-corrected chi connectivity index (χ2v) is 3.28. The number of benzene rings is 1. The Kier molecular flexibility index (Phi) is 3.92. The summed E-state index contributed by atoms with van der Waals surface area (Å²) in [7, 11) is 1.36. The number of aryl methyl sites for hydroxylation is 1. The summed E-state index contributed by atoms with van der Waals surface area (Å²) in [6.45, 7) is 1.90. The number of esters is 1. The van der Waals surface area contributed by atoms with Gasteiger partial charge < -0.3 is 9.84 Å². The van der Waals surface area contributed by atoms with Gasteiger partial charge in [-0.1, -0.05) is 18.2 Å². The van der Waals surface area contributed by atoms with E-state index in [1.165, 1.54) is 7.11 Å². The Morgan fingerprint density at radius 3 is 2.80 bits per heavy atom. The number of carbonyl (C=O) groups excluding carboxylic acids is 1. The van der Waals surface area contributed by atoms with Crippen LogP contribution in [0.15, 0.2) is 24.3 Å². The number of phenols is 1. The van der Waals surface area contributed by atoms with Gasteiger partial charge >= 0.3 is 5.97 Å². The highest BCUT2D eigenvalue weighted by Crippen LogP contribution is 2.16. The van der Waals surface area contributed by atoms with Gasteiger partial charge in [0.15, 0.2) is 0 Å². The molecule has 0 aliphatic carbocycles. The maximum atomic E-state index is 10.8. The lowest BCUT2D eigenvalue weighted by Gasteiger charge is -1.98. The van der Waals surface area contributed by atoms with Crippen LogP contribution in [0, 0.1) is 6.92 Å². The van der Waals surface area contributed by atoms with Crippen molar-refractivity contribution in [1.29, 1.82) is 0 Å². The molecule has 0 saturated carbocycles. The van der Waals surface area contributed by atoms with Crippen molar-refractivity contribution in [1.82, 2.24) is 0 Å². The molecule has 0 aliphatic rings. The summed E-state index contributed by atoms with van der Waals surface area (Å²) in [6.07, 6.45) is 3.73. The molecule has 0 radical (unpaired) electrons. The van der Waals surface area contributed by atoms with Gasteiger partial charge in [-0.25, -0.2) is 0 Å². The lowest BCUT2D eigenvalue weighted by Crippen LogP contribution is -1.96. The highest BCUT2D eigenvalue weighted by molar-refractivity contribution is 5.72. The molecule has 80 valence electrons. The number of methoxy groups -OCH3 is 1. The fourth-order valence-corrected chi connectivity index (χ4v) is 1.26. The van der Waals surface area contributed by atoms with Gasteiger partial charge in [-0.15, -0.1) is 0 Å². The molecule has 0 aromatic heterocycles. The summed E-state index contributed by atoms with van der Waals surface area (Å²) in [5.41, 5.74) is 1.85. The average molecular weight is 206 g/mol. The van der Waals surface area contributed by atoms with Crippen LogP contribution < -0.4 is 0 Å². The lowest BCUT2D eigenvalue weighted by molar-refractivity contribution is -0.139. The van der Waals surface area contributed by atoms with Crippen LogP contribution in [0.4, 0.5) is 0 Å². The number of carbonyl (C=O) groups is 1. The first-order valence-corrected chi connectivity index (χ1v) is 4.66. The molecule has 1 aromatic carbocycles. The van der Waals surface area contributed by atoms with E-state index in [1.807, 2.05) is 13.0 Å². The Morgan fingerprint density at radius 1 is 1.47 bits per heavy atom. The molecule has 1 aromatic rings. The van der Waals surface area contributed by atoms with E-state index in [0.717, 1.165) is 11.1 Å². The summed E-state index contributed by atoms with van der Waals surface area (Å²) in [5, 5.41) is 9.32. The molecule has 1 rings (SSSR count). The number of aromatic hydroxyl groups is 1. The van der Waals surface area contributed by atoms with Crippen molar-refractivity contribution in [3.63, 3.8) is 0 Å². The van der Waals surface area contributed by atoms with Crippen molar-refractivity contribution in [3.8, 4) is 5.75 Å². The third-order valence-electron chi connectivity index (χ3n) is 1.91. The quantitative estimate of drug-likeness (QED) is 0.772. The second kappa shape index (κ2) is 5.20. The maximum absolute atomic E-state index is 10.8. The zero-order valence-electron chi connectivity index (χ0n) is 8.86. The van der Waals surface area contributed by atoms with Gasteiger partial charge in [-0.3, -0.25) is 4.79 Å². The van der Waals surface area contributed by atoms with E-state index < -0.39 is 0 Å². The molecule has 0 amide bonds. The minimum Gasteiger partial charge on any atom is -0.508 e. The highest BCUT2D eigenvalue weighted by Gasteiger charge is 1.96. The summed E-state index contributed by atoms with van der Waals surface area (Å²) >= 11 is 0. The topological polar surface area (TPSA) is 46.5 Å². The number of rotatable bonds is 3. The molecule has 0 bridgehead atoms. The van der Waals surface area contributed by atoms with E-state index in [-0.39, 0.29) is 18.1 Å². The number of hydrogen-bond donors (Lipinski definition) is 1. The smallest absolute Gasteiger partial charge is 0.309 e. The van der Waals surface area contributed by atoms with Crippen LogP contribution in [0.3, 0.4) is 0 Å². The predicted molar refractivity (Wildman–Crippen MR) is 58.5 cm³/mol. The average Bonchev–Trinajstić information content (AvgIpc) is 2.16. The first-order chi connectivity index (χ1) is 7.11. The summed E-state index contributed by atoms with van der Waals surface area (Å²) < 4.78 is 4.50. The minimum absolute atomic E-state index is 0.229. The zero-order valence-corrected chi connectivity index (χ0v) is 8.86. The molecule has 15 heavy (non-hydrogen) atoms. The molecule has 0 spiro atoms. The number of hydrogen-bond acceptors (Lipinski definition) is 3. The van der Waals surface area contributed by atoms with E-state index in [9.17, 15) is 9.90 Å². The molecule has 0 aliphatic heterocycles. The standard InChI is InChI=1S/C12H14O3/c1-9-6-10(8-11(13)7-9)4-3-5-12(14)15-2/h3-4,6-8,13H,5H2,1-2H3. The molecular formula is C12H14O3. The van der Waals surface area contributed by atoms with Gasteiger partial charge in [0.2, 0.25) is 0 Å². The molecule has 0 fully saturated rings. The third-order valence-corrected chi connectivity index (χ3v) is 1.91.